The normalized spacial score (nSPS) is 17.4. The molecule has 1 aromatic heterocycles. The molecule has 1 atom stereocenters. The predicted molar refractivity (Wildman–Crippen MR) is 74.4 cm³/mol. The number of nitrogens with zero attached hydrogens (tertiary/aromatic N) is 2. The van der Waals surface area contributed by atoms with Crippen LogP contribution in [0.3, 0.4) is 0 Å². The number of hydrogen-bond donors (Lipinski definition) is 1. The van der Waals surface area contributed by atoms with Gasteiger partial charge in [-0.05, 0) is 18.4 Å². The van der Waals surface area contributed by atoms with Crippen LogP contribution < -0.4 is 5.32 Å². The molecule has 1 unspecified atom stereocenters. The van der Waals surface area contributed by atoms with Crippen LogP contribution in [0.4, 0.5) is 4.39 Å². The first kappa shape index (κ1) is 14.6. The summed E-state index contributed by atoms with van der Waals surface area (Å²) in [6, 6.07) is 1.37. The molecule has 1 aliphatic carbocycles. The quantitative estimate of drug-likeness (QED) is 0.841. The first-order valence-electron chi connectivity index (χ1n) is 7.09. The fourth-order valence-electron chi connectivity index (χ4n) is 2.71. The van der Waals surface area contributed by atoms with E-state index < -0.39 is 11.7 Å². The summed E-state index contributed by atoms with van der Waals surface area (Å²) in [6.07, 6.45) is 10.0. The molecule has 2 rings (SSSR count). The monoisotopic (exact) mass is 277 g/mol. The van der Waals surface area contributed by atoms with Crippen molar-refractivity contribution < 1.29 is 9.18 Å². The maximum atomic E-state index is 12.9. The van der Waals surface area contributed by atoms with Crippen molar-refractivity contribution in [1.29, 1.82) is 0 Å². The predicted octanol–water partition coefficient (Wildman–Crippen LogP) is 3.09. The minimum Gasteiger partial charge on any atom is -0.340 e. The number of aromatic nitrogens is 2. The highest BCUT2D eigenvalue weighted by molar-refractivity contribution is 5.90. The molecule has 1 fully saturated rings. The first-order chi connectivity index (χ1) is 9.66. The summed E-state index contributed by atoms with van der Waals surface area (Å²) >= 11 is 0. The van der Waals surface area contributed by atoms with Crippen molar-refractivity contribution >= 4 is 5.91 Å². The van der Waals surface area contributed by atoms with E-state index in [-0.39, 0.29) is 6.04 Å². The molecule has 0 aromatic carbocycles. The molecule has 0 spiro atoms. The van der Waals surface area contributed by atoms with E-state index in [1.807, 2.05) is 0 Å². The van der Waals surface area contributed by atoms with Gasteiger partial charge in [0, 0.05) is 12.4 Å². The second-order valence-electron chi connectivity index (χ2n) is 5.28. The molecule has 1 saturated carbocycles. The van der Waals surface area contributed by atoms with Gasteiger partial charge in [0.05, 0.1) is 6.04 Å². The third kappa shape index (κ3) is 4.11. The van der Waals surface area contributed by atoms with Crippen LogP contribution >= 0.6 is 0 Å². The average Bonchev–Trinajstić information content (AvgIpc) is 2.48. The average molecular weight is 277 g/mol. The Morgan fingerprint density at radius 2 is 2.00 bits per heavy atom. The molecule has 1 N–H and O–H groups in total. The van der Waals surface area contributed by atoms with Crippen LogP contribution in [0.2, 0.25) is 0 Å². The Hall–Kier alpha value is -1.78. The van der Waals surface area contributed by atoms with Crippen molar-refractivity contribution in [2.24, 2.45) is 5.92 Å². The Balaban J connectivity index is 2.07. The number of nitrogens with one attached hydrogen (secondary N) is 1. The van der Waals surface area contributed by atoms with E-state index in [0.29, 0.717) is 11.7 Å². The van der Waals surface area contributed by atoms with E-state index in [1.54, 1.807) is 18.5 Å². The molecule has 0 saturated heterocycles. The van der Waals surface area contributed by atoms with E-state index in [1.165, 1.54) is 19.3 Å². The zero-order chi connectivity index (χ0) is 14.4. The van der Waals surface area contributed by atoms with Crippen LogP contribution in [-0.2, 0) is 4.79 Å². The zero-order valence-corrected chi connectivity index (χ0v) is 11.5. The molecular formula is C15H20FN3O. The van der Waals surface area contributed by atoms with Crippen molar-refractivity contribution in [3.63, 3.8) is 0 Å². The van der Waals surface area contributed by atoms with Gasteiger partial charge in [0.2, 0.25) is 0 Å². The summed E-state index contributed by atoms with van der Waals surface area (Å²) in [7, 11) is 0. The number of carbonyl (C=O) groups excluding carboxylic acids is 1. The number of hydrogen-bond acceptors (Lipinski definition) is 3. The van der Waals surface area contributed by atoms with Crippen LogP contribution in [0.15, 0.2) is 30.9 Å². The molecule has 1 amide bonds. The van der Waals surface area contributed by atoms with Crippen LogP contribution in [0.25, 0.3) is 0 Å². The number of amides is 1. The lowest BCUT2D eigenvalue weighted by atomic mass is 9.84. The summed E-state index contributed by atoms with van der Waals surface area (Å²) < 4.78 is 12.9. The number of halogens is 1. The number of carbonyl (C=O) groups is 1. The zero-order valence-electron chi connectivity index (χ0n) is 11.5. The lowest BCUT2D eigenvalue weighted by Crippen LogP contribution is -2.31. The molecular weight excluding hydrogens is 257 g/mol. The summed E-state index contributed by atoms with van der Waals surface area (Å²) in [5, 5.41) is 2.64. The van der Waals surface area contributed by atoms with Crippen LogP contribution in [0.1, 0.15) is 50.4 Å². The van der Waals surface area contributed by atoms with E-state index >= 15 is 0 Å². The molecule has 5 heteroatoms. The van der Waals surface area contributed by atoms with Crippen LogP contribution in [0.5, 0.6) is 0 Å². The lowest BCUT2D eigenvalue weighted by molar-refractivity contribution is -0.119. The van der Waals surface area contributed by atoms with Crippen LogP contribution in [0, 0.1) is 5.92 Å². The first-order valence-corrected chi connectivity index (χ1v) is 7.09. The SMILES string of the molecule is C=C(F)C(=O)NC(CC1CCCCC1)c1ncccn1. The molecule has 1 aromatic rings. The smallest absolute Gasteiger partial charge is 0.279 e. The van der Waals surface area contributed by atoms with Crippen molar-refractivity contribution in [1.82, 2.24) is 15.3 Å². The van der Waals surface area contributed by atoms with Gasteiger partial charge in [-0.15, -0.1) is 0 Å². The van der Waals surface area contributed by atoms with Gasteiger partial charge in [0.25, 0.3) is 5.91 Å². The van der Waals surface area contributed by atoms with Gasteiger partial charge in [-0.3, -0.25) is 4.79 Å². The Morgan fingerprint density at radius 1 is 1.35 bits per heavy atom. The van der Waals surface area contributed by atoms with E-state index in [9.17, 15) is 9.18 Å². The lowest BCUT2D eigenvalue weighted by Gasteiger charge is -2.26. The molecule has 0 bridgehead atoms. The molecule has 0 aliphatic heterocycles. The Bertz CT molecular complexity index is 457. The standard InChI is InChI=1S/C15H20FN3O/c1-11(16)15(20)19-13(14-17-8-5-9-18-14)10-12-6-3-2-4-7-12/h5,8-9,12-13H,1-4,6-7,10H2,(H,19,20). The third-order valence-electron chi connectivity index (χ3n) is 3.74. The van der Waals surface area contributed by atoms with E-state index in [0.717, 1.165) is 19.3 Å². The highest BCUT2D eigenvalue weighted by atomic mass is 19.1. The van der Waals surface area contributed by atoms with Crippen molar-refractivity contribution in [3.05, 3.63) is 36.7 Å². The van der Waals surface area contributed by atoms with Gasteiger partial charge in [-0.2, -0.15) is 0 Å². The molecule has 108 valence electrons. The van der Waals surface area contributed by atoms with Gasteiger partial charge in [0.1, 0.15) is 5.82 Å². The van der Waals surface area contributed by atoms with Gasteiger partial charge in [0.15, 0.2) is 5.83 Å². The molecule has 20 heavy (non-hydrogen) atoms. The maximum absolute atomic E-state index is 12.9. The van der Waals surface area contributed by atoms with Gasteiger partial charge in [-0.1, -0.05) is 38.7 Å². The summed E-state index contributed by atoms with van der Waals surface area (Å²) in [5.74, 6) is -0.689. The fraction of sp³-hybridized carbons (Fsp3) is 0.533. The van der Waals surface area contributed by atoms with Crippen molar-refractivity contribution in [2.45, 2.75) is 44.6 Å². The topological polar surface area (TPSA) is 54.9 Å². The highest BCUT2D eigenvalue weighted by Gasteiger charge is 2.24. The van der Waals surface area contributed by atoms with Gasteiger partial charge < -0.3 is 5.32 Å². The second kappa shape index (κ2) is 7.12. The maximum Gasteiger partial charge on any atom is 0.279 e. The van der Waals surface area contributed by atoms with Crippen LogP contribution in [-0.4, -0.2) is 15.9 Å². The minimum atomic E-state index is -0.977. The third-order valence-corrected chi connectivity index (χ3v) is 3.74. The minimum absolute atomic E-state index is 0.348. The van der Waals surface area contributed by atoms with E-state index in [4.69, 9.17) is 0 Å². The molecule has 4 nitrogen and oxygen atoms in total. The Labute approximate surface area is 118 Å². The summed E-state index contributed by atoms with van der Waals surface area (Å²) in [4.78, 5) is 19.9. The number of rotatable bonds is 5. The molecule has 1 heterocycles. The van der Waals surface area contributed by atoms with Gasteiger partial charge in [-0.25, -0.2) is 14.4 Å². The second-order valence-corrected chi connectivity index (χ2v) is 5.28. The largest absolute Gasteiger partial charge is 0.340 e. The van der Waals surface area contributed by atoms with E-state index in [2.05, 4.69) is 21.9 Å². The summed E-state index contributed by atoms with van der Waals surface area (Å²) in [5.41, 5.74) is 0. The fourth-order valence-corrected chi connectivity index (χ4v) is 2.71. The molecule has 0 radical (unpaired) electrons. The Kier molecular flexibility index (Phi) is 5.21. The summed E-state index contributed by atoms with van der Waals surface area (Å²) in [6.45, 7) is 3.03. The molecule has 1 aliphatic rings. The Morgan fingerprint density at radius 3 is 2.60 bits per heavy atom. The van der Waals surface area contributed by atoms with Crippen molar-refractivity contribution in [2.75, 3.05) is 0 Å². The van der Waals surface area contributed by atoms with Crippen molar-refractivity contribution in [3.8, 4) is 0 Å². The van der Waals surface area contributed by atoms with Gasteiger partial charge >= 0.3 is 0 Å². The highest BCUT2D eigenvalue weighted by Crippen LogP contribution is 2.31.